The second kappa shape index (κ2) is 4.13. The summed E-state index contributed by atoms with van der Waals surface area (Å²) < 4.78 is 30.5. The van der Waals surface area contributed by atoms with Crippen LogP contribution < -0.4 is 0 Å². The number of hydrogen-bond acceptors (Lipinski definition) is 5. The van der Waals surface area contributed by atoms with E-state index in [0.29, 0.717) is 12.1 Å². The highest BCUT2D eigenvalue weighted by molar-refractivity contribution is 7.80. The number of carboxylic acid groups (broad SMARTS) is 1. The summed E-state index contributed by atoms with van der Waals surface area (Å²) in [6.07, 6.45) is 0. The van der Waals surface area contributed by atoms with E-state index in [1.54, 1.807) is 0 Å². The van der Waals surface area contributed by atoms with Crippen molar-refractivity contribution in [3.63, 3.8) is 0 Å². The summed E-state index contributed by atoms with van der Waals surface area (Å²) in [5.41, 5.74) is -0.640. The molecule has 2 aromatic rings. The lowest BCUT2D eigenvalue weighted by Gasteiger charge is -2.02. The number of benzene rings is 1. The van der Waals surface area contributed by atoms with Gasteiger partial charge in [-0.05, 0) is 12.1 Å². The Balaban J connectivity index is 2.67. The van der Waals surface area contributed by atoms with Crippen molar-refractivity contribution in [3.8, 4) is 11.4 Å². The molecule has 0 fully saturated rings. The van der Waals surface area contributed by atoms with Gasteiger partial charge in [-0.25, -0.2) is 13.6 Å². The number of carboxylic acids is 1. The fourth-order valence-electron chi connectivity index (χ4n) is 1.23. The van der Waals surface area contributed by atoms with Crippen molar-refractivity contribution < 1.29 is 23.2 Å². The van der Waals surface area contributed by atoms with Crippen LogP contribution in [0.2, 0.25) is 0 Å². The SMILES string of the molecule is O=C(O)c1cc(F)c(F)cc1-c1noc(S)n1. The van der Waals surface area contributed by atoms with Crippen molar-refractivity contribution in [3.05, 3.63) is 29.3 Å². The lowest BCUT2D eigenvalue weighted by molar-refractivity contribution is 0.0697. The second-order valence-corrected chi connectivity index (χ2v) is 3.40. The summed E-state index contributed by atoms with van der Waals surface area (Å²) in [6.45, 7) is 0. The zero-order valence-electron chi connectivity index (χ0n) is 8.02. The molecule has 0 aliphatic rings. The molecule has 0 bridgehead atoms. The van der Waals surface area contributed by atoms with E-state index < -0.39 is 23.2 Å². The van der Waals surface area contributed by atoms with Crippen LogP contribution in [0.4, 0.5) is 8.78 Å². The fraction of sp³-hybridized carbons (Fsp3) is 0. The van der Waals surface area contributed by atoms with Gasteiger partial charge in [0.15, 0.2) is 11.6 Å². The van der Waals surface area contributed by atoms with Crippen molar-refractivity contribution in [1.29, 1.82) is 0 Å². The Labute approximate surface area is 98.5 Å². The van der Waals surface area contributed by atoms with Crippen LogP contribution in [0.5, 0.6) is 0 Å². The number of rotatable bonds is 2. The summed E-state index contributed by atoms with van der Waals surface area (Å²) in [5, 5.41) is 12.1. The number of hydrogen-bond donors (Lipinski definition) is 2. The largest absolute Gasteiger partial charge is 0.478 e. The average molecular weight is 258 g/mol. The molecule has 0 atom stereocenters. The molecular formula is C9H4F2N2O3S. The molecule has 1 N–H and O–H groups in total. The highest BCUT2D eigenvalue weighted by atomic mass is 32.1. The van der Waals surface area contributed by atoms with Gasteiger partial charge in [0.05, 0.1) is 5.56 Å². The van der Waals surface area contributed by atoms with Crippen LogP contribution in [0.25, 0.3) is 11.4 Å². The summed E-state index contributed by atoms with van der Waals surface area (Å²) >= 11 is 3.73. The number of aromatic nitrogens is 2. The van der Waals surface area contributed by atoms with Gasteiger partial charge in [-0.3, -0.25) is 0 Å². The molecule has 5 nitrogen and oxygen atoms in total. The molecule has 1 aromatic heterocycles. The van der Waals surface area contributed by atoms with Crippen molar-refractivity contribution in [2.24, 2.45) is 0 Å². The van der Waals surface area contributed by atoms with E-state index in [4.69, 9.17) is 5.11 Å². The van der Waals surface area contributed by atoms with E-state index in [-0.39, 0.29) is 16.6 Å². The van der Waals surface area contributed by atoms with Gasteiger partial charge >= 0.3 is 5.97 Å². The Kier molecular flexibility index (Phi) is 2.80. The lowest BCUT2D eigenvalue weighted by Crippen LogP contribution is -2.03. The Morgan fingerprint density at radius 3 is 2.53 bits per heavy atom. The quantitative estimate of drug-likeness (QED) is 0.806. The van der Waals surface area contributed by atoms with Crippen LogP contribution in [0.1, 0.15) is 10.4 Å². The van der Waals surface area contributed by atoms with Gasteiger partial charge in [0, 0.05) is 5.56 Å². The molecular weight excluding hydrogens is 254 g/mol. The molecule has 8 heteroatoms. The highest BCUT2D eigenvalue weighted by Crippen LogP contribution is 2.24. The maximum Gasteiger partial charge on any atom is 0.336 e. The van der Waals surface area contributed by atoms with Crippen molar-refractivity contribution in [1.82, 2.24) is 10.1 Å². The first-order valence-electron chi connectivity index (χ1n) is 4.24. The van der Waals surface area contributed by atoms with Crippen LogP contribution >= 0.6 is 12.6 Å². The molecule has 2 rings (SSSR count). The maximum absolute atomic E-state index is 13.0. The topological polar surface area (TPSA) is 76.2 Å². The Morgan fingerprint density at radius 2 is 2.00 bits per heavy atom. The standard InChI is InChI=1S/C9H4F2N2O3S/c10-5-1-3(7-12-9(17)16-13-7)4(8(14)15)2-6(5)11/h1-2H,(H,14,15)(H,12,13,17). The van der Waals surface area contributed by atoms with E-state index in [1.807, 2.05) is 0 Å². The third-order valence-electron chi connectivity index (χ3n) is 1.95. The normalized spacial score (nSPS) is 10.5. The minimum absolute atomic E-state index is 0.110. The minimum Gasteiger partial charge on any atom is -0.478 e. The van der Waals surface area contributed by atoms with Gasteiger partial charge in [-0.15, -0.1) is 0 Å². The maximum atomic E-state index is 13.0. The van der Waals surface area contributed by atoms with Crippen molar-refractivity contribution >= 4 is 18.6 Å². The molecule has 0 unspecified atom stereocenters. The van der Waals surface area contributed by atoms with Gasteiger partial charge in [0.1, 0.15) is 0 Å². The number of carbonyl (C=O) groups is 1. The first-order valence-corrected chi connectivity index (χ1v) is 4.69. The van der Waals surface area contributed by atoms with Crippen LogP contribution in [0.3, 0.4) is 0 Å². The molecule has 17 heavy (non-hydrogen) atoms. The van der Waals surface area contributed by atoms with Crippen molar-refractivity contribution in [2.45, 2.75) is 5.22 Å². The summed E-state index contributed by atoms with van der Waals surface area (Å²) in [6, 6.07) is 1.25. The lowest BCUT2D eigenvalue weighted by atomic mass is 10.1. The predicted molar refractivity (Wildman–Crippen MR) is 53.9 cm³/mol. The van der Waals surface area contributed by atoms with Gasteiger partial charge < -0.3 is 9.63 Å². The number of halogens is 2. The number of aromatic carboxylic acids is 1. The third-order valence-corrected chi connectivity index (χ3v) is 2.13. The van der Waals surface area contributed by atoms with E-state index in [9.17, 15) is 13.6 Å². The Hall–Kier alpha value is -1.96. The molecule has 88 valence electrons. The average Bonchev–Trinajstić information content (AvgIpc) is 2.68. The van der Waals surface area contributed by atoms with Gasteiger partial charge in [-0.2, -0.15) is 4.98 Å². The van der Waals surface area contributed by atoms with Gasteiger partial charge in [0.25, 0.3) is 5.22 Å². The number of nitrogens with zero attached hydrogens (tertiary/aromatic N) is 2. The van der Waals surface area contributed by atoms with Crippen LogP contribution in [0, 0.1) is 11.6 Å². The molecule has 0 radical (unpaired) electrons. The Bertz CT molecular complexity index is 600. The zero-order valence-corrected chi connectivity index (χ0v) is 8.91. The molecule has 0 amide bonds. The smallest absolute Gasteiger partial charge is 0.336 e. The van der Waals surface area contributed by atoms with E-state index in [1.165, 1.54) is 0 Å². The molecule has 0 spiro atoms. The molecule has 0 saturated heterocycles. The third kappa shape index (κ3) is 2.11. The van der Waals surface area contributed by atoms with Crippen molar-refractivity contribution in [2.75, 3.05) is 0 Å². The summed E-state index contributed by atoms with van der Waals surface area (Å²) in [5.74, 6) is -4.06. The van der Waals surface area contributed by atoms with Crippen LogP contribution in [-0.4, -0.2) is 21.2 Å². The minimum atomic E-state index is -1.43. The molecule has 0 saturated carbocycles. The molecule has 1 heterocycles. The first kappa shape index (κ1) is 11.5. The molecule has 1 aromatic carbocycles. The second-order valence-electron chi connectivity index (χ2n) is 3.02. The monoisotopic (exact) mass is 258 g/mol. The van der Waals surface area contributed by atoms with E-state index in [0.717, 1.165) is 0 Å². The molecule has 0 aliphatic carbocycles. The fourth-order valence-corrected chi connectivity index (χ4v) is 1.37. The molecule has 0 aliphatic heterocycles. The summed E-state index contributed by atoms with van der Waals surface area (Å²) in [7, 11) is 0. The predicted octanol–water partition coefficient (Wildman–Crippen LogP) is 2.00. The van der Waals surface area contributed by atoms with Gasteiger partial charge in [0.2, 0.25) is 5.82 Å². The van der Waals surface area contributed by atoms with Crippen LogP contribution in [-0.2, 0) is 0 Å². The first-order chi connectivity index (χ1) is 7.99. The summed E-state index contributed by atoms with van der Waals surface area (Å²) in [4.78, 5) is 14.5. The zero-order chi connectivity index (χ0) is 12.6. The Morgan fingerprint density at radius 1 is 1.35 bits per heavy atom. The van der Waals surface area contributed by atoms with Gasteiger partial charge in [-0.1, -0.05) is 17.8 Å². The number of thiol groups is 1. The van der Waals surface area contributed by atoms with Crippen LogP contribution in [0.15, 0.2) is 21.9 Å². The highest BCUT2D eigenvalue weighted by Gasteiger charge is 2.19. The van der Waals surface area contributed by atoms with E-state index in [2.05, 4.69) is 27.3 Å². The van der Waals surface area contributed by atoms with E-state index >= 15 is 0 Å².